The molecule has 338 valence electrons. The van der Waals surface area contributed by atoms with Crippen molar-refractivity contribution in [1.29, 1.82) is 0 Å². The first-order valence-corrected chi connectivity index (χ1v) is 18.3. The zero-order valence-electron chi connectivity index (χ0n) is 34.2. The Morgan fingerprint density at radius 2 is 0.726 bits per heavy atom. The van der Waals surface area contributed by atoms with Gasteiger partial charge in [0, 0.05) is 55.4 Å². The minimum Gasteiger partial charge on any atom is -0.507 e. The molecule has 24 heteroatoms. The summed E-state index contributed by atoms with van der Waals surface area (Å²) in [6.07, 6.45) is -18.8. The number of benzene rings is 1. The number of esters is 8. The number of hydrogen-bond donors (Lipinski definition) is 2. The number of carbonyl (C=O) groups excluding carboxylic acids is 10. The van der Waals surface area contributed by atoms with Crippen molar-refractivity contribution in [2.75, 3.05) is 13.2 Å². The van der Waals surface area contributed by atoms with Crippen LogP contribution in [0.1, 0.15) is 76.1 Å². The number of aromatic hydroxyl groups is 2. The molecular formula is C38H42O24. The molecule has 10 atom stereocenters. The van der Waals surface area contributed by atoms with E-state index in [9.17, 15) is 58.2 Å². The van der Waals surface area contributed by atoms with Crippen molar-refractivity contribution >= 4 is 59.3 Å². The van der Waals surface area contributed by atoms with Crippen LogP contribution in [-0.4, -0.2) is 144 Å². The van der Waals surface area contributed by atoms with E-state index in [0.29, 0.717) is 0 Å². The van der Waals surface area contributed by atoms with Gasteiger partial charge in [-0.1, -0.05) is 0 Å². The van der Waals surface area contributed by atoms with Crippen LogP contribution in [0.25, 0.3) is 0 Å². The van der Waals surface area contributed by atoms with E-state index in [1.54, 1.807) is 0 Å². The highest BCUT2D eigenvalue weighted by atomic mass is 16.8. The molecule has 2 saturated heterocycles. The number of Topliss-reactive ketones (excluding diaryl/α,β-unsaturated/α-hetero) is 2. The van der Waals surface area contributed by atoms with Crippen LogP contribution in [0, 0.1) is 0 Å². The maximum Gasteiger partial charge on any atom is 0.303 e. The molecule has 3 aliphatic rings. The molecule has 0 spiro atoms. The fourth-order valence-electron chi connectivity index (χ4n) is 6.49. The van der Waals surface area contributed by atoms with Gasteiger partial charge in [0.25, 0.3) is 0 Å². The van der Waals surface area contributed by atoms with Gasteiger partial charge < -0.3 is 67.1 Å². The Hall–Kier alpha value is -6.82. The molecule has 2 heterocycles. The van der Waals surface area contributed by atoms with Gasteiger partial charge in [-0.2, -0.15) is 0 Å². The van der Waals surface area contributed by atoms with Gasteiger partial charge in [-0.3, -0.25) is 47.9 Å². The smallest absolute Gasteiger partial charge is 0.303 e. The summed E-state index contributed by atoms with van der Waals surface area (Å²) in [5, 5.41) is 21.6. The Morgan fingerprint density at radius 1 is 0.452 bits per heavy atom. The minimum atomic E-state index is -2.21. The molecule has 0 amide bonds. The summed E-state index contributed by atoms with van der Waals surface area (Å²) in [6.45, 7) is 6.10. The first kappa shape index (κ1) is 47.9. The van der Waals surface area contributed by atoms with E-state index in [1.807, 2.05) is 0 Å². The second-order valence-corrected chi connectivity index (χ2v) is 13.5. The molecule has 1 unspecified atom stereocenters. The number of allylic oxidation sites excluding steroid dienone is 2. The summed E-state index contributed by atoms with van der Waals surface area (Å²) in [5.41, 5.74) is -1.74. The second kappa shape index (κ2) is 20.2. The fraction of sp³-hybridized carbons (Fsp3) is 0.526. The van der Waals surface area contributed by atoms with Crippen LogP contribution in [0.15, 0.2) is 23.7 Å². The highest BCUT2D eigenvalue weighted by molar-refractivity contribution is 6.27. The van der Waals surface area contributed by atoms with Crippen LogP contribution in [-0.2, 0) is 95.2 Å². The molecule has 24 nitrogen and oxygen atoms in total. The molecule has 0 radical (unpaired) electrons. The quantitative estimate of drug-likeness (QED) is 0.140. The Labute approximate surface area is 350 Å². The monoisotopic (exact) mass is 882 g/mol. The Balaban J connectivity index is 1.98. The number of phenols is 2. The van der Waals surface area contributed by atoms with Gasteiger partial charge in [-0.15, -0.1) is 0 Å². The average molecular weight is 883 g/mol. The zero-order valence-corrected chi connectivity index (χ0v) is 34.2. The van der Waals surface area contributed by atoms with Gasteiger partial charge >= 0.3 is 47.8 Å². The van der Waals surface area contributed by atoms with Crippen LogP contribution in [0.4, 0.5) is 0 Å². The van der Waals surface area contributed by atoms with E-state index in [1.165, 1.54) is 0 Å². The molecule has 1 aliphatic carbocycles. The van der Waals surface area contributed by atoms with Crippen LogP contribution in [0.5, 0.6) is 11.5 Å². The number of hydrogen-bond acceptors (Lipinski definition) is 24. The highest BCUT2D eigenvalue weighted by Crippen LogP contribution is 2.42. The predicted octanol–water partition coefficient (Wildman–Crippen LogP) is -0.112. The third-order valence-electron chi connectivity index (χ3n) is 8.60. The molecule has 2 fully saturated rings. The number of carbonyl (C=O) groups is 10. The lowest BCUT2D eigenvalue weighted by molar-refractivity contribution is -0.304. The molecule has 2 N–H and O–H groups in total. The van der Waals surface area contributed by atoms with Crippen molar-refractivity contribution in [3.05, 3.63) is 34.8 Å². The Bertz CT molecular complexity index is 1890. The normalized spacial score (nSPS) is 26.7. The minimum absolute atomic E-state index is 0.755. The van der Waals surface area contributed by atoms with E-state index in [4.69, 9.17) is 56.8 Å². The molecule has 0 aromatic heterocycles. The van der Waals surface area contributed by atoms with Crippen LogP contribution in [0.3, 0.4) is 0 Å². The van der Waals surface area contributed by atoms with Crippen molar-refractivity contribution in [3.8, 4) is 11.5 Å². The summed E-state index contributed by atoms with van der Waals surface area (Å²) >= 11 is 0. The van der Waals surface area contributed by atoms with Crippen LogP contribution >= 0.6 is 0 Å². The molecule has 0 saturated carbocycles. The predicted molar refractivity (Wildman–Crippen MR) is 192 cm³/mol. The molecule has 1 aromatic carbocycles. The summed E-state index contributed by atoms with van der Waals surface area (Å²) in [5.74, 6) is -15.1. The second-order valence-electron chi connectivity index (χ2n) is 13.5. The van der Waals surface area contributed by atoms with Crippen molar-refractivity contribution in [3.63, 3.8) is 0 Å². The standard InChI is InChI=1S/C38H42O24/c1-13(39)51-11-23-29(53-15(3)41)33(55-17(5)43)35(57-19(7)45)37(59-23)61-31-27(49)25-21(47)9-10-22(48)26(25)28(50)32(31)62-38-36(58-20(8)46)34(56-18(6)44)30(54-16(4)42)24(60-38)12-52-14(2)40/h9-10,23-24,29-30,33-38,47-48H,11-12H2,1-8H3/t23-,24?,29-,30-,33+,34+,35-,36-,37+,38+/m1/s1. The molecular weight excluding hydrogens is 840 g/mol. The summed E-state index contributed by atoms with van der Waals surface area (Å²) in [6, 6.07) is 1.69. The average Bonchev–Trinajstić information content (AvgIpc) is 3.14. The lowest BCUT2D eigenvalue weighted by Gasteiger charge is -2.45. The topological polar surface area (TPSA) is 322 Å². The first-order chi connectivity index (χ1) is 29.0. The Kier molecular flexibility index (Phi) is 15.6. The van der Waals surface area contributed by atoms with E-state index in [0.717, 1.165) is 67.5 Å². The molecule has 2 aliphatic heterocycles. The number of rotatable bonds is 14. The third-order valence-corrected chi connectivity index (χ3v) is 8.60. The van der Waals surface area contributed by atoms with E-state index < -0.39 is 168 Å². The van der Waals surface area contributed by atoms with Crippen molar-refractivity contribution < 1.29 is 115 Å². The fourth-order valence-corrected chi connectivity index (χ4v) is 6.49. The molecule has 0 bridgehead atoms. The molecule has 1 aromatic rings. The van der Waals surface area contributed by atoms with Gasteiger partial charge in [0.1, 0.15) is 36.9 Å². The maximum atomic E-state index is 14.5. The maximum absolute atomic E-state index is 14.5. The Morgan fingerprint density at radius 3 is 1.00 bits per heavy atom. The SMILES string of the molecule is CC(=O)OCC1O[C@@H](OC2=C(O[C@@H]3O[C@H](COC(C)=O)[C@@H](OC(C)=O)[C@H](OC(C)=O)[C@H]3OC(C)=O)C(=O)c3c(O)ccc(O)c3C2=O)[C@H](OC(C)=O)[C@@H](OC(C)=O)[C@@H]1OC(C)=O. The first-order valence-electron chi connectivity index (χ1n) is 18.3. The van der Waals surface area contributed by atoms with Crippen LogP contribution < -0.4 is 0 Å². The van der Waals surface area contributed by atoms with Gasteiger partial charge in [-0.05, 0) is 12.1 Å². The third kappa shape index (κ3) is 11.5. The van der Waals surface area contributed by atoms with E-state index in [-0.39, 0.29) is 0 Å². The van der Waals surface area contributed by atoms with Crippen molar-refractivity contribution in [1.82, 2.24) is 0 Å². The summed E-state index contributed by atoms with van der Waals surface area (Å²) < 4.78 is 66.2. The molecule has 4 rings (SSSR count). The highest BCUT2D eigenvalue weighted by Gasteiger charge is 2.57. The zero-order chi connectivity index (χ0) is 46.3. The summed E-state index contributed by atoms with van der Waals surface area (Å²) in [7, 11) is 0. The van der Waals surface area contributed by atoms with Gasteiger partial charge in [0.15, 0.2) is 24.4 Å². The van der Waals surface area contributed by atoms with Crippen molar-refractivity contribution in [2.24, 2.45) is 0 Å². The number of fused-ring (bicyclic) bond motifs is 1. The van der Waals surface area contributed by atoms with Gasteiger partial charge in [-0.25, -0.2) is 0 Å². The van der Waals surface area contributed by atoms with Crippen molar-refractivity contribution in [2.45, 2.75) is 117 Å². The van der Waals surface area contributed by atoms with Crippen LogP contribution in [0.2, 0.25) is 0 Å². The van der Waals surface area contributed by atoms with E-state index >= 15 is 0 Å². The number of ether oxygens (including phenoxy) is 12. The molecule has 62 heavy (non-hydrogen) atoms. The largest absolute Gasteiger partial charge is 0.507 e. The van der Waals surface area contributed by atoms with Gasteiger partial charge in [0.2, 0.25) is 47.9 Å². The van der Waals surface area contributed by atoms with E-state index in [2.05, 4.69) is 0 Å². The summed E-state index contributed by atoms with van der Waals surface area (Å²) in [4.78, 5) is 127. The number of phenolic OH excluding ortho intramolecular Hbond substituents is 2. The van der Waals surface area contributed by atoms with Gasteiger partial charge in [0.05, 0.1) is 11.1 Å². The lowest BCUT2D eigenvalue weighted by atomic mass is 9.90. The number of ketones is 2. The lowest BCUT2D eigenvalue weighted by Crippen LogP contribution is -2.63.